The molecule has 2 aromatic heterocycles. The second kappa shape index (κ2) is 6.38. The molecule has 0 aliphatic rings. The Labute approximate surface area is 135 Å². The van der Waals surface area contributed by atoms with Crippen molar-refractivity contribution in [3.8, 4) is 0 Å². The van der Waals surface area contributed by atoms with Gasteiger partial charge in [-0.25, -0.2) is 13.2 Å². The molecule has 2 heterocycles. The molecular weight excluding hydrogens is 351 g/mol. The van der Waals surface area contributed by atoms with E-state index in [0.29, 0.717) is 10.5 Å². The first-order chi connectivity index (χ1) is 11.1. The van der Waals surface area contributed by atoms with Crippen LogP contribution >= 0.6 is 0 Å². The normalized spacial score (nSPS) is 12.5. The van der Waals surface area contributed by atoms with Gasteiger partial charge in [-0.15, -0.1) is 10.2 Å². The Hall–Kier alpha value is -2.17. The smallest absolute Gasteiger partial charge is 0.431 e. The predicted octanol–water partition coefficient (Wildman–Crippen LogP) is 1.86. The van der Waals surface area contributed by atoms with Crippen molar-refractivity contribution >= 4 is 21.5 Å². The Morgan fingerprint density at radius 2 is 1.92 bits per heavy atom. The summed E-state index contributed by atoms with van der Waals surface area (Å²) in [6, 6.07) is 1.60. The second-order valence-corrected chi connectivity index (χ2v) is 7.16. The van der Waals surface area contributed by atoms with Crippen LogP contribution in [0.5, 0.6) is 0 Å². The van der Waals surface area contributed by atoms with Gasteiger partial charge in [-0.1, -0.05) is 6.92 Å². The summed E-state index contributed by atoms with van der Waals surface area (Å²) in [6.45, 7) is 2.94. The Morgan fingerprint density at radius 1 is 1.25 bits per heavy atom. The van der Waals surface area contributed by atoms with Crippen LogP contribution in [-0.4, -0.2) is 41.3 Å². The van der Waals surface area contributed by atoms with Gasteiger partial charge in [0.1, 0.15) is 17.0 Å². The molecule has 0 bridgehead atoms. The highest BCUT2D eigenvalue weighted by atomic mass is 32.2. The molecule has 2 rings (SSSR count). The van der Waals surface area contributed by atoms with Crippen LogP contribution in [-0.2, 0) is 26.5 Å². The Kier molecular flexibility index (Phi) is 4.83. The first-order valence-electron chi connectivity index (χ1n) is 6.92. The van der Waals surface area contributed by atoms with Gasteiger partial charge in [-0.05, 0) is 19.1 Å². The van der Waals surface area contributed by atoms with Crippen molar-refractivity contribution in [1.29, 1.82) is 0 Å². The fourth-order valence-corrected chi connectivity index (χ4v) is 2.82. The minimum Gasteiger partial charge on any atom is -0.462 e. The fourth-order valence-electron chi connectivity index (χ4n) is 2.04. The molecule has 2 aromatic rings. The summed E-state index contributed by atoms with van der Waals surface area (Å²) in [5, 5.41) is 7.09. The van der Waals surface area contributed by atoms with Crippen LogP contribution in [0.25, 0.3) is 5.65 Å². The number of halogens is 3. The molecule has 24 heavy (non-hydrogen) atoms. The summed E-state index contributed by atoms with van der Waals surface area (Å²) in [5.41, 5.74) is -1.79. The molecule has 11 heteroatoms. The topological polar surface area (TPSA) is 90.6 Å². The largest absolute Gasteiger partial charge is 0.462 e. The maximum Gasteiger partial charge on any atom is 0.431 e. The molecule has 0 radical (unpaired) electrons. The molecule has 132 valence electrons. The third kappa shape index (κ3) is 3.50. The number of sulfone groups is 1. The number of aromatic nitrogens is 3. The standard InChI is InChI=1S/C13H14F3N3O4S/c1-3-23-12(20)8-5-6-9(13(14,15)16)19-10(17-18-11(8)19)7-24(21,22)4-2/h5-6H,3-4,7H2,1-2H3. The number of rotatable bonds is 5. The summed E-state index contributed by atoms with van der Waals surface area (Å²) < 4.78 is 68.5. The van der Waals surface area contributed by atoms with Crippen LogP contribution in [0.1, 0.15) is 35.7 Å². The van der Waals surface area contributed by atoms with Crippen LogP contribution in [0, 0.1) is 0 Å². The zero-order valence-electron chi connectivity index (χ0n) is 12.8. The minimum atomic E-state index is -4.78. The van der Waals surface area contributed by atoms with Gasteiger partial charge in [0.05, 0.1) is 6.61 Å². The van der Waals surface area contributed by atoms with Crippen molar-refractivity contribution in [2.45, 2.75) is 25.8 Å². The van der Waals surface area contributed by atoms with Gasteiger partial charge < -0.3 is 4.74 Å². The van der Waals surface area contributed by atoms with Gasteiger partial charge in [0, 0.05) is 5.75 Å². The number of pyridine rings is 1. The second-order valence-electron chi connectivity index (χ2n) is 4.80. The number of carbonyl (C=O) groups is 1. The number of ether oxygens (including phenoxy) is 1. The highest BCUT2D eigenvalue weighted by molar-refractivity contribution is 7.90. The van der Waals surface area contributed by atoms with E-state index in [2.05, 4.69) is 10.2 Å². The summed E-state index contributed by atoms with van der Waals surface area (Å²) in [4.78, 5) is 11.9. The van der Waals surface area contributed by atoms with Crippen molar-refractivity contribution in [3.05, 3.63) is 29.2 Å². The summed E-state index contributed by atoms with van der Waals surface area (Å²) >= 11 is 0. The lowest BCUT2D eigenvalue weighted by molar-refractivity contribution is -0.142. The van der Waals surface area contributed by atoms with Gasteiger partial charge in [0.15, 0.2) is 21.3 Å². The van der Waals surface area contributed by atoms with Crippen LogP contribution in [0.15, 0.2) is 12.1 Å². The average Bonchev–Trinajstić information content (AvgIpc) is 2.89. The van der Waals surface area contributed by atoms with Crippen molar-refractivity contribution in [3.63, 3.8) is 0 Å². The van der Waals surface area contributed by atoms with Gasteiger partial charge >= 0.3 is 12.1 Å². The van der Waals surface area contributed by atoms with Crippen LogP contribution in [0.3, 0.4) is 0 Å². The molecule has 0 aliphatic heterocycles. The fraction of sp³-hybridized carbons (Fsp3) is 0.462. The van der Waals surface area contributed by atoms with Crippen LogP contribution in [0.2, 0.25) is 0 Å². The number of esters is 1. The molecule has 0 fully saturated rings. The van der Waals surface area contributed by atoms with E-state index >= 15 is 0 Å². The van der Waals surface area contributed by atoms with Crippen molar-refractivity contribution in [2.24, 2.45) is 0 Å². The van der Waals surface area contributed by atoms with Gasteiger partial charge in [-0.3, -0.25) is 4.40 Å². The third-order valence-electron chi connectivity index (χ3n) is 3.19. The van der Waals surface area contributed by atoms with Gasteiger partial charge in [0.2, 0.25) is 0 Å². The van der Waals surface area contributed by atoms with E-state index in [-0.39, 0.29) is 17.9 Å². The van der Waals surface area contributed by atoms with E-state index in [1.807, 2.05) is 0 Å². The highest BCUT2D eigenvalue weighted by Crippen LogP contribution is 2.31. The molecule has 0 aliphatic carbocycles. The van der Waals surface area contributed by atoms with E-state index in [4.69, 9.17) is 4.74 Å². The molecule has 0 amide bonds. The van der Waals surface area contributed by atoms with E-state index in [1.54, 1.807) is 6.92 Å². The average molecular weight is 365 g/mol. The summed E-state index contributed by atoms with van der Waals surface area (Å²) in [7, 11) is -3.65. The van der Waals surface area contributed by atoms with Gasteiger partial charge in [0.25, 0.3) is 0 Å². The maximum atomic E-state index is 13.2. The number of hydrogen-bond acceptors (Lipinski definition) is 6. The Morgan fingerprint density at radius 3 is 2.46 bits per heavy atom. The molecule has 0 unspecified atom stereocenters. The van der Waals surface area contributed by atoms with E-state index in [9.17, 15) is 26.4 Å². The lowest BCUT2D eigenvalue weighted by atomic mass is 10.2. The van der Waals surface area contributed by atoms with E-state index < -0.39 is 44.9 Å². The third-order valence-corrected chi connectivity index (χ3v) is 4.77. The monoisotopic (exact) mass is 365 g/mol. The molecule has 7 nitrogen and oxygen atoms in total. The molecular formula is C13H14F3N3O4S. The lowest BCUT2D eigenvalue weighted by Crippen LogP contribution is -2.18. The number of carbonyl (C=O) groups excluding carboxylic acids is 1. The first kappa shape index (κ1) is 18.2. The van der Waals surface area contributed by atoms with E-state index in [1.165, 1.54) is 6.92 Å². The molecule has 0 saturated carbocycles. The SMILES string of the molecule is CCOC(=O)c1ccc(C(F)(F)F)n2c(CS(=O)(=O)CC)nnc12. The Balaban J connectivity index is 2.73. The summed E-state index contributed by atoms with van der Waals surface area (Å²) in [5.74, 6) is -2.26. The summed E-state index contributed by atoms with van der Waals surface area (Å²) in [6.07, 6.45) is -4.78. The minimum absolute atomic E-state index is 0.0250. The van der Waals surface area contributed by atoms with Crippen LogP contribution in [0.4, 0.5) is 13.2 Å². The lowest BCUT2D eigenvalue weighted by Gasteiger charge is -2.12. The van der Waals surface area contributed by atoms with Crippen LogP contribution < -0.4 is 0 Å². The molecule has 0 aromatic carbocycles. The molecule has 0 atom stereocenters. The molecule has 0 saturated heterocycles. The van der Waals surface area contributed by atoms with Crippen molar-refractivity contribution < 1.29 is 31.1 Å². The molecule has 0 spiro atoms. The van der Waals surface area contributed by atoms with Gasteiger partial charge in [-0.2, -0.15) is 13.2 Å². The number of fused-ring (bicyclic) bond motifs is 1. The first-order valence-corrected chi connectivity index (χ1v) is 8.74. The zero-order chi connectivity index (χ0) is 18.1. The predicted molar refractivity (Wildman–Crippen MR) is 77.1 cm³/mol. The van der Waals surface area contributed by atoms with E-state index in [0.717, 1.165) is 6.07 Å². The quantitative estimate of drug-likeness (QED) is 0.751. The zero-order valence-corrected chi connectivity index (χ0v) is 13.6. The number of hydrogen-bond donors (Lipinski definition) is 0. The van der Waals surface area contributed by atoms with Crippen molar-refractivity contribution in [1.82, 2.24) is 14.6 Å². The van der Waals surface area contributed by atoms with Crippen molar-refractivity contribution in [2.75, 3.05) is 12.4 Å². The Bertz CT molecular complexity index is 874. The maximum absolute atomic E-state index is 13.2. The number of nitrogens with zero attached hydrogens (tertiary/aromatic N) is 3. The number of alkyl halides is 3. The highest BCUT2D eigenvalue weighted by Gasteiger charge is 2.36. The molecule has 0 N–H and O–H groups in total.